The van der Waals surface area contributed by atoms with Crippen LogP contribution in [0.5, 0.6) is 17.2 Å². The van der Waals surface area contributed by atoms with Crippen LogP contribution >= 0.6 is 0 Å². The molecule has 0 spiro atoms. The summed E-state index contributed by atoms with van der Waals surface area (Å²) >= 11 is 0. The quantitative estimate of drug-likeness (QED) is 0.507. The highest BCUT2D eigenvalue weighted by Gasteiger charge is 2.25. The van der Waals surface area contributed by atoms with Crippen molar-refractivity contribution in [1.82, 2.24) is 15.3 Å². The van der Waals surface area contributed by atoms with Crippen molar-refractivity contribution in [2.75, 3.05) is 20.8 Å². The molecule has 0 atom stereocenters. The Labute approximate surface area is 190 Å². The number of hydrogen-bond donors (Lipinski definition) is 3. The number of rotatable bonds is 7. The lowest BCUT2D eigenvalue weighted by atomic mass is 10.00. The number of carbonyl (C=O) groups excluding carboxylic acids is 1. The zero-order chi connectivity index (χ0) is 23.5. The predicted octanol–water partition coefficient (Wildman–Crippen LogP) is 3.96. The molecule has 0 saturated carbocycles. The molecule has 0 saturated heterocycles. The van der Waals surface area contributed by atoms with Crippen molar-refractivity contribution in [3.8, 4) is 17.2 Å². The summed E-state index contributed by atoms with van der Waals surface area (Å²) in [5.74, 6) is -0.0260. The molecule has 7 nitrogen and oxygen atoms in total. The number of phenolic OH excluding ortho intramolecular Hbond substituents is 1. The maximum atomic E-state index is 14.1. The van der Waals surface area contributed by atoms with Gasteiger partial charge in [0.2, 0.25) is 11.7 Å². The number of ether oxygens (including phenoxy) is 2. The van der Waals surface area contributed by atoms with Gasteiger partial charge in [0.05, 0.1) is 27.0 Å². The minimum absolute atomic E-state index is 0.0797. The molecule has 1 amide bonds. The Bertz CT molecular complexity index is 1240. The summed E-state index contributed by atoms with van der Waals surface area (Å²) in [7, 11) is 2.93. The number of benzene rings is 2. The van der Waals surface area contributed by atoms with Crippen LogP contribution in [0.25, 0.3) is 17.2 Å². The van der Waals surface area contributed by atoms with E-state index in [-0.39, 0.29) is 41.9 Å². The van der Waals surface area contributed by atoms with Crippen molar-refractivity contribution in [2.45, 2.75) is 13.3 Å². The molecule has 3 N–H and O–H groups in total. The number of allylic oxidation sites excluding steroid dienone is 2. The van der Waals surface area contributed by atoms with E-state index in [0.717, 1.165) is 33.4 Å². The molecule has 4 rings (SSSR count). The first-order chi connectivity index (χ1) is 15.9. The number of hydrogen-bond acceptors (Lipinski definition) is 5. The average Bonchev–Trinajstić information content (AvgIpc) is 3.39. The van der Waals surface area contributed by atoms with Gasteiger partial charge in [0.15, 0.2) is 11.5 Å². The maximum Gasteiger partial charge on any atom is 0.226 e. The molecule has 8 heteroatoms. The number of halogens is 1. The molecule has 2 aromatic carbocycles. The molecule has 1 aliphatic carbocycles. The number of phenols is 1. The first-order valence-electron chi connectivity index (χ1n) is 10.3. The highest BCUT2D eigenvalue weighted by Crippen LogP contribution is 2.44. The number of imidazole rings is 1. The van der Waals surface area contributed by atoms with Crippen LogP contribution in [0.2, 0.25) is 0 Å². The average molecular weight is 449 g/mol. The lowest BCUT2D eigenvalue weighted by Gasteiger charge is -2.11. The fraction of sp³-hybridized carbons (Fsp3) is 0.200. The number of aromatic amines is 1. The van der Waals surface area contributed by atoms with Gasteiger partial charge in [-0.3, -0.25) is 4.79 Å². The van der Waals surface area contributed by atoms with Crippen LogP contribution in [0.4, 0.5) is 4.39 Å². The molecule has 170 valence electrons. The van der Waals surface area contributed by atoms with Crippen molar-refractivity contribution in [1.29, 1.82) is 0 Å². The van der Waals surface area contributed by atoms with Crippen LogP contribution in [0.1, 0.15) is 29.3 Å². The highest BCUT2D eigenvalue weighted by molar-refractivity contribution is 6.06. The van der Waals surface area contributed by atoms with Crippen LogP contribution in [0.3, 0.4) is 0 Å². The van der Waals surface area contributed by atoms with E-state index in [9.17, 15) is 14.3 Å². The van der Waals surface area contributed by atoms with E-state index in [2.05, 4.69) is 15.3 Å². The number of aromatic nitrogens is 2. The van der Waals surface area contributed by atoms with Gasteiger partial charge in [-0.15, -0.1) is 0 Å². The van der Waals surface area contributed by atoms with Gasteiger partial charge in [-0.05, 0) is 70.7 Å². The van der Waals surface area contributed by atoms with E-state index >= 15 is 0 Å². The van der Waals surface area contributed by atoms with Crippen molar-refractivity contribution in [3.05, 3.63) is 76.6 Å². The Hall–Kier alpha value is -4.07. The van der Waals surface area contributed by atoms with Crippen molar-refractivity contribution in [3.63, 3.8) is 0 Å². The molecule has 0 fully saturated rings. The lowest BCUT2D eigenvalue weighted by molar-refractivity contribution is -0.120. The van der Waals surface area contributed by atoms with Crippen LogP contribution in [-0.2, 0) is 11.2 Å². The van der Waals surface area contributed by atoms with Crippen molar-refractivity contribution < 1.29 is 23.8 Å². The third-order valence-corrected chi connectivity index (χ3v) is 5.63. The first kappa shape index (κ1) is 22.1. The smallest absolute Gasteiger partial charge is 0.226 e. The zero-order valence-electron chi connectivity index (χ0n) is 18.5. The molecule has 1 aliphatic rings. The minimum atomic E-state index is -0.350. The Morgan fingerprint density at radius 1 is 1.18 bits per heavy atom. The zero-order valence-corrected chi connectivity index (χ0v) is 18.5. The fourth-order valence-electron chi connectivity index (χ4n) is 3.95. The standard InChI is InChI=1S/C25H24FN3O4/c1-14-19(6-15-7-22(32-2)25(31)23(8-15)33-3)18-5-4-16(26)9-20(18)21(14)12-28-24(30)10-17-11-27-13-29-17/h4-9,11,13,31H,10,12H2,1-3H3,(H,27,29)(H,28,30)/b19-6-. The third-order valence-electron chi connectivity index (χ3n) is 5.63. The molecule has 1 heterocycles. The second-order valence-corrected chi connectivity index (χ2v) is 7.66. The van der Waals surface area contributed by atoms with Gasteiger partial charge in [0, 0.05) is 18.4 Å². The first-order valence-corrected chi connectivity index (χ1v) is 10.3. The monoisotopic (exact) mass is 449 g/mol. The Morgan fingerprint density at radius 3 is 2.55 bits per heavy atom. The predicted molar refractivity (Wildman–Crippen MR) is 123 cm³/mol. The van der Waals surface area contributed by atoms with Gasteiger partial charge in [0.1, 0.15) is 5.82 Å². The second kappa shape index (κ2) is 9.20. The maximum absolute atomic E-state index is 14.1. The Balaban J connectivity index is 1.69. The number of fused-ring (bicyclic) bond motifs is 1. The normalized spacial score (nSPS) is 13.9. The van der Waals surface area contributed by atoms with Gasteiger partial charge in [-0.2, -0.15) is 0 Å². The molecule has 3 aromatic rings. The fourth-order valence-corrected chi connectivity index (χ4v) is 3.95. The van der Waals surface area contributed by atoms with Crippen LogP contribution in [-0.4, -0.2) is 41.7 Å². The summed E-state index contributed by atoms with van der Waals surface area (Å²) < 4.78 is 24.6. The largest absolute Gasteiger partial charge is 0.502 e. The molecular weight excluding hydrogens is 425 g/mol. The summed E-state index contributed by atoms with van der Waals surface area (Å²) in [5, 5.41) is 13.1. The number of aromatic hydroxyl groups is 1. The number of carbonyl (C=O) groups is 1. The number of H-pyrrole nitrogens is 1. The van der Waals surface area contributed by atoms with Crippen LogP contribution < -0.4 is 14.8 Å². The molecule has 1 aromatic heterocycles. The van der Waals surface area contributed by atoms with Gasteiger partial charge < -0.3 is 24.9 Å². The summed E-state index contributed by atoms with van der Waals surface area (Å²) in [5.41, 5.74) is 5.70. The molecule has 0 radical (unpaired) electrons. The number of nitrogens with zero attached hydrogens (tertiary/aromatic N) is 1. The summed E-state index contributed by atoms with van der Waals surface area (Å²) in [6, 6.07) is 8.02. The van der Waals surface area contributed by atoms with E-state index < -0.39 is 0 Å². The van der Waals surface area contributed by atoms with E-state index in [0.29, 0.717) is 5.69 Å². The summed E-state index contributed by atoms with van der Waals surface area (Å²) in [4.78, 5) is 19.2. The number of methoxy groups -OCH3 is 2. The van der Waals surface area contributed by atoms with Gasteiger partial charge in [-0.25, -0.2) is 9.37 Å². The highest BCUT2D eigenvalue weighted by atomic mass is 19.1. The molecular formula is C25H24FN3O4. The molecule has 0 bridgehead atoms. The van der Waals surface area contributed by atoms with Crippen LogP contribution in [0, 0.1) is 5.82 Å². The molecule has 0 aliphatic heterocycles. The number of amides is 1. The minimum Gasteiger partial charge on any atom is -0.502 e. The van der Waals surface area contributed by atoms with Gasteiger partial charge in [0.25, 0.3) is 0 Å². The topological polar surface area (TPSA) is 96.5 Å². The van der Waals surface area contributed by atoms with Gasteiger partial charge in [-0.1, -0.05) is 6.07 Å². The van der Waals surface area contributed by atoms with Crippen molar-refractivity contribution in [2.24, 2.45) is 0 Å². The summed E-state index contributed by atoms with van der Waals surface area (Å²) in [6.45, 7) is 2.20. The lowest BCUT2D eigenvalue weighted by Crippen LogP contribution is -2.27. The Kier molecular flexibility index (Phi) is 6.17. The summed E-state index contributed by atoms with van der Waals surface area (Å²) in [6.07, 6.45) is 5.23. The van der Waals surface area contributed by atoms with E-state index in [1.807, 2.05) is 13.0 Å². The van der Waals surface area contributed by atoms with E-state index in [4.69, 9.17) is 9.47 Å². The van der Waals surface area contributed by atoms with Crippen molar-refractivity contribution >= 4 is 23.1 Å². The van der Waals surface area contributed by atoms with Gasteiger partial charge >= 0.3 is 0 Å². The third kappa shape index (κ3) is 4.45. The SMILES string of the molecule is COc1cc(/C=C2/C(C)=C(CNC(=O)Cc3cnc[nH]3)c3cc(F)ccc32)cc(OC)c1O. The Morgan fingerprint density at radius 2 is 1.91 bits per heavy atom. The van der Waals surface area contributed by atoms with Crippen LogP contribution in [0.15, 0.2) is 48.4 Å². The number of nitrogens with one attached hydrogen (secondary N) is 2. The molecule has 0 unspecified atom stereocenters. The van der Waals surface area contributed by atoms with E-state index in [1.165, 1.54) is 32.7 Å². The molecule has 33 heavy (non-hydrogen) atoms. The second-order valence-electron chi connectivity index (χ2n) is 7.66. The van der Waals surface area contributed by atoms with E-state index in [1.54, 1.807) is 24.4 Å².